The molecule has 0 unspecified atom stereocenters. The fourth-order valence-corrected chi connectivity index (χ4v) is 1.55. The molecule has 0 amide bonds. The highest BCUT2D eigenvalue weighted by molar-refractivity contribution is 6.00. The summed E-state index contributed by atoms with van der Waals surface area (Å²) in [6.45, 7) is 0. The topological polar surface area (TPSA) is 17.1 Å². The Morgan fingerprint density at radius 1 is 1.08 bits per heavy atom. The van der Waals surface area contributed by atoms with Crippen LogP contribution >= 0.6 is 0 Å². The first-order chi connectivity index (χ1) is 6.42. The van der Waals surface area contributed by atoms with Crippen LogP contribution in [-0.4, -0.2) is 6.29 Å². The Kier molecular flexibility index (Phi) is 2.09. The normalized spacial score (nSPS) is 15.1. The summed E-state index contributed by atoms with van der Waals surface area (Å²) in [5, 5.41) is 0. The Hall–Kier alpha value is -1.63. The van der Waals surface area contributed by atoms with Crippen molar-refractivity contribution in [3.05, 3.63) is 53.6 Å². The van der Waals surface area contributed by atoms with Crippen LogP contribution in [0, 0.1) is 0 Å². The summed E-state index contributed by atoms with van der Waals surface area (Å²) in [4.78, 5) is 10.7. The first kappa shape index (κ1) is 7.99. The molecular weight excluding hydrogens is 160 g/mol. The molecule has 0 aromatic heterocycles. The zero-order chi connectivity index (χ0) is 9.10. The van der Waals surface area contributed by atoms with Crippen LogP contribution in [-0.2, 0) is 4.79 Å². The molecule has 0 bridgehead atoms. The van der Waals surface area contributed by atoms with Gasteiger partial charge in [0.1, 0.15) is 6.29 Å². The third kappa shape index (κ3) is 1.45. The number of hydrogen-bond donors (Lipinski definition) is 0. The molecule has 0 saturated carbocycles. The number of carbonyl (C=O) groups excluding carboxylic acids is 1. The maximum Gasteiger partial charge on any atom is 0.150 e. The number of benzene rings is 1. The maximum absolute atomic E-state index is 10.7. The van der Waals surface area contributed by atoms with Crippen LogP contribution in [0.1, 0.15) is 12.0 Å². The van der Waals surface area contributed by atoms with E-state index in [-0.39, 0.29) is 0 Å². The smallest absolute Gasteiger partial charge is 0.150 e. The zero-order valence-corrected chi connectivity index (χ0v) is 7.23. The minimum Gasteiger partial charge on any atom is -0.298 e. The monoisotopic (exact) mass is 170 g/mol. The molecule has 0 fully saturated rings. The van der Waals surface area contributed by atoms with Crippen molar-refractivity contribution in [3.8, 4) is 0 Å². The molecule has 0 N–H and O–H groups in total. The van der Waals surface area contributed by atoms with Crippen LogP contribution in [0.15, 0.2) is 48.1 Å². The lowest BCUT2D eigenvalue weighted by Crippen LogP contribution is -1.86. The highest BCUT2D eigenvalue weighted by Crippen LogP contribution is 2.27. The van der Waals surface area contributed by atoms with E-state index in [0.29, 0.717) is 0 Å². The van der Waals surface area contributed by atoms with Gasteiger partial charge in [0.25, 0.3) is 0 Å². The predicted molar refractivity (Wildman–Crippen MR) is 53.2 cm³/mol. The number of rotatable bonds is 2. The largest absolute Gasteiger partial charge is 0.298 e. The van der Waals surface area contributed by atoms with E-state index in [1.807, 2.05) is 36.4 Å². The SMILES string of the molecule is O=CC1=CCC=C1c1ccccc1. The number of allylic oxidation sites excluding steroid dienone is 4. The van der Waals surface area contributed by atoms with E-state index in [9.17, 15) is 4.79 Å². The minimum absolute atomic E-state index is 0.811. The summed E-state index contributed by atoms with van der Waals surface area (Å²) in [5.74, 6) is 0. The number of carbonyl (C=O) groups is 1. The summed E-state index contributed by atoms with van der Waals surface area (Å²) in [7, 11) is 0. The van der Waals surface area contributed by atoms with E-state index >= 15 is 0 Å². The van der Waals surface area contributed by atoms with E-state index < -0.39 is 0 Å². The van der Waals surface area contributed by atoms with Crippen molar-refractivity contribution in [2.45, 2.75) is 6.42 Å². The quantitative estimate of drug-likeness (QED) is 0.623. The van der Waals surface area contributed by atoms with E-state index in [1.54, 1.807) is 0 Å². The molecule has 1 nitrogen and oxygen atoms in total. The molecular formula is C12H10O. The van der Waals surface area contributed by atoms with E-state index in [2.05, 4.69) is 6.08 Å². The van der Waals surface area contributed by atoms with Gasteiger partial charge in [-0.2, -0.15) is 0 Å². The zero-order valence-electron chi connectivity index (χ0n) is 7.23. The minimum atomic E-state index is 0.811. The number of aldehydes is 1. The molecule has 0 atom stereocenters. The lowest BCUT2D eigenvalue weighted by molar-refractivity contribution is -0.104. The first-order valence-corrected chi connectivity index (χ1v) is 4.33. The lowest BCUT2D eigenvalue weighted by atomic mass is 10.0. The average molecular weight is 170 g/mol. The summed E-state index contributed by atoms with van der Waals surface area (Å²) in [5.41, 5.74) is 3.00. The second-order valence-electron chi connectivity index (χ2n) is 3.00. The predicted octanol–water partition coefficient (Wildman–Crippen LogP) is 2.60. The molecule has 1 heteroatoms. The summed E-state index contributed by atoms with van der Waals surface area (Å²) < 4.78 is 0. The van der Waals surface area contributed by atoms with Crippen molar-refractivity contribution in [1.29, 1.82) is 0 Å². The van der Waals surface area contributed by atoms with Crippen LogP contribution in [0.5, 0.6) is 0 Å². The molecule has 64 valence electrons. The molecule has 0 spiro atoms. The van der Waals surface area contributed by atoms with Gasteiger partial charge in [-0.25, -0.2) is 0 Å². The van der Waals surface area contributed by atoms with Gasteiger partial charge in [-0.1, -0.05) is 42.5 Å². The second-order valence-corrected chi connectivity index (χ2v) is 3.00. The van der Waals surface area contributed by atoms with Crippen molar-refractivity contribution in [1.82, 2.24) is 0 Å². The Labute approximate surface area is 77.4 Å². The van der Waals surface area contributed by atoms with Gasteiger partial charge in [0.15, 0.2) is 0 Å². The average Bonchev–Trinajstić information content (AvgIpc) is 2.67. The van der Waals surface area contributed by atoms with Crippen molar-refractivity contribution in [2.24, 2.45) is 0 Å². The summed E-state index contributed by atoms with van der Waals surface area (Å²) in [6.07, 6.45) is 5.83. The van der Waals surface area contributed by atoms with Gasteiger partial charge in [0.2, 0.25) is 0 Å². The van der Waals surface area contributed by atoms with Gasteiger partial charge in [-0.15, -0.1) is 0 Å². The molecule has 1 aliphatic carbocycles. The Morgan fingerprint density at radius 3 is 2.54 bits per heavy atom. The molecule has 0 radical (unpaired) electrons. The summed E-state index contributed by atoms with van der Waals surface area (Å²) in [6, 6.07) is 9.99. The van der Waals surface area contributed by atoms with Crippen LogP contribution in [0.25, 0.3) is 5.57 Å². The van der Waals surface area contributed by atoms with Gasteiger partial charge >= 0.3 is 0 Å². The van der Waals surface area contributed by atoms with Crippen LogP contribution in [0.2, 0.25) is 0 Å². The van der Waals surface area contributed by atoms with Crippen LogP contribution in [0.3, 0.4) is 0 Å². The van der Waals surface area contributed by atoms with Gasteiger partial charge in [0, 0.05) is 5.57 Å². The van der Waals surface area contributed by atoms with Gasteiger partial charge in [-0.3, -0.25) is 4.79 Å². The Balaban J connectivity index is 2.39. The molecule has 1 aromatic rings. The van der Waals surface area contributed by atoms with Crippen LogP contribution < -0.4 is 0 Å². The van der Waals surface area contributed by atoms with Gasteiger partial charge in [-0.05, 0) is 17.6 Å². The Morgan fingerprint density at radius 2 is 1.85 bits per heavy atom. The van der Waals surface area contributed by atoms with Crippen LogP contribution in [0.4, 0.5) is 0 Å². The first-order valence-electron chi connectivity index (χ1n) is 4.33. The molecule has 1 aliphatic rings. The molecule has 2 rings (SSSR count). The van der Waals surface area contributed by atoms with Crippen molar-refractivity contribution < 1.29 is 4.79 Å². The lowest BCUT2D eigenvalue weighted by Gasteiger charge is -2.01. The fraction of sp³-hybridized carbons (Fsp3) is 0.0833. The van der Waals surface area contributed by atoms with Crippen molar-refractivity contribution in [2.75, 3.05) is 0 Å². The molecule has 0 saturated heterocycles. The van der Waals surface area contributed by atoms with E-state index in [4.69, 9.17) is 0 Å². The highest BCUT2D eigenvalue weighted by Gasteiger charge is 2.09. The molecule has 0 heterocycles. The molecule has 0 aliphatic heterocycles. The second kappa shape index (κ2) is 3.40. The third-order valence-corrected chi connectivity index (χ3v) is 2.18. The van der Waals surface area contributed by atoms with Crippen molar-refractivity contribution >= 4 is 11.9 Å². The van der Waals surface area contributed by atoms with Crippen molar-refractivity contribution in [3.63, 3.8) is 0 Å². The standard InChI is InChI=1S/C12H10O/c13-9-11-7-4-8-12(11)10-5-2-1-3-6-10/h1-3,5-9H,4H2. The van der Waals surface area contributed by atoms with Gasteiger partial charge in [0.05, 0.1) is 0 Å². The highest BCUT2D eigenvalue weighted by atomic mass is 16.1. The van der Waals surface area contributed by atoms with Gasteiger partial charge < -0.3 is 0 Å². The Bertz CT molecular complexity index is 371. The molecule has 1 aromatic carbocycles. The molecule has 13 heavy (non-hydrogen) atoms. The number of hydrogen-bond acceptors (Lipinski definition) is 1. The van der Waals surface area contributed by atoms with E-state index in [1.165, 1.54) is 0 Å². The fourth-order valence-electron chi connectivity index (χ4n) is 1.55. The maximum atomic E-state index is 10.7. The summed E-state index contributed by atoms with van der Waals surface area (Å²) >= 11 is 0. The van der Waals surface area contributed by atoms with E-state index in [0.717, 1.165) is 29.4 Å². The third-order valence-electron chi connectivity index (χ3n) is 2.18.